The highest BCUT2D eigenvalue weighted by atomic mass is 35.5. The van der Waals surface area contributed by atoms with Crippen LogP contribution in [0.2, 0.25) is 0 Å². The van der Waals surface area contributed by atoms with Crippen LogP contribution in [-0.4, -0.2) is 43.7 Å². The summed E-state index contributed by atoms with van der Waals surface area (Å²) in [5, 5.41) is 0. The lowest BCUT2D eigenvalue weighted by molar-refractivity contribution is -0.136. The highest BCUT2D eigenvalue weighted by molar-refractivity contribution is 6.13. The van der Waals surface area contributed by atoms with Crippen LogP contribution in [0.3, 0.4) is 0 Å². The van der Waals surface area contributed by atoms with Crippen molar-refractivity contribution in [2.75, 3.05) is 32.8 Å². The number of hydrogen-bond acceptors (Lipinski definition) is 4. The Morgan fingerprint density at radius 3 is 2.73 bits per heavy atom. The van der Waals surface area contributed by atoms with Crippen LogP contribution in [0.1, 0.15) is 0 Å². The minimum atomic E-state index is -0.409. The van der Waals surface area contributed by atoms with Gasteiger partial charge in [0.25, 0.3) is 0 Å². The maximum absolute atomic E-state index is 10.6. The lowest BCUT2D eigenvalue weighted by Gasteiger charge is -2.24. The third-order valence-corrected chi connectivity index (χ3v) is 1.71. The number of ether oxygens (including phenoxy) is 1. The molecule has 0 amide bonds. The van der Waals surface area contributed by atoms with Gasteiger partial charge in [-0.1, -0.05) is 0 Å². The van der Waals surface area contributed by atoms with Crippen molar-refractivity contribution in [3.8, 4) is 0 Å². The van der Waals surface area contributed by atoms with Gasteiger partial charge in [0.2, 0.25) is 0 Å². The molecule has 0 atom stereocenters. The molecule has 11 heavy (non-hydrogen) atoms. The number of carbonyl (C=O) groups is 1. The van der Waals surface area contributed by atoms with Gasteiger partial charge in [0.05, 0.1) is 19.8 Å². The van der Waals surface area contributed by atoms with Gasteiger partial charge in [0.1, 0.15) is 11.9 Å². The average molecular weight is 180 g/mol. The molecule has 4 nitrogen and oxygen atoms in total. The molecule has 0 aromatic carbocycles. The van der Waals surface area contributed by atoms with Gasteiger partial charge in [0.15, 0.2) is 0 Å². The number of rotatable bonds is 2. The van der Waals surface area contributed by atoms with E-state index < -0.39 is 5.97 Å². The molecule has 1 aliphatic heterocycles. The highest BCUT2D eigenvalue weighted by Crippen LogP contribution is 1.97. The third kappa shape index (κ3) is 3.05. The van der Waals surface area contributed by atoms with Crippen molar-refractivity contribution in [3.63, 3.8) is 0 Å². The Bertz CT molecular complexity index is 136. The summed E-state index contributed by atoms with van der Waals surface area (Å²) >= 11 is 4.86. The standard InChI is InChI=1S/C6H10ClNO3/c7-11-6(9)5-8-1-3-10-4-2-8/h1-5H2. The molecule has 0 aromatic rings. The molecule has 5 heteroatoms. The fourth-order valence-electron chi connectivity index (χ4n) is 0.966. The van der Waals surface area contributed by atoms with E-state index in [0.717, 1.165) is 13.1 Å². The van der Waals surface area contributed by atoms with Gasteiger partial charge >= 0.3 is 5.97 Å². The minimum Gasteiger partial charge on any atom is -0.379 e. The van der Waals surface area contributed by atoms with Crippen LogP contribution in [0.15, 0.2) is 0 Å². The first-order valence-electron chi connectivity index (χ1n) is 3.44. The summed E-state index contributed by atoms with van der Waals surface area (Å²) in [7, 11) is 0. The Morgan fingerprint density at radius 2 is 2.18 bits per heavy atom. The Balaban J connectivity index is 2.19. The van der Waals surface area contributed by atoms with E-state index in [-0.39, 0.29) is 6.54 Å². The highest BCUT2D eigenvalue weighted by Gasteiger charge is 2.14. The van der Waals surface area contributed by atoms with Crippen molar-refractivity contribution in [2.24, 2.45) is 0 Å². The van der Waals surface area contributed by atoms with Crippen LogP contribution in [0, 0.1) is 0 Å². The summed E-state index contributed by atoms with van der Waals surface area (Å²) in [6, 6.07) is 0. The van der Waals surface area contributed by atoms with E-state index in [9.17, 15) is 4.79 Å². The molecule has 0 N–H and O–H groups in total. The van der Waals surface area contributed by atoms with E-state index in [0.29, 0.717) is 13.2 Å². The van der Waals surface area contributed by atoms with Crippen LogP contribution < -0.4 is 0 Å². The van der Waals surface area contributed by atoms with Gasteiger partial charge in [-0.05, 0) is 0 Å². The number of morpholine rings is 1. The van der Waals surface area contributed by atoms with E-state index in [1.54, 1.807) is 0 Å². The van der Waals surface area contributed by atoms with Crippen LogP contribution in [0.25, 0.3) is 0 Å². The molecule has 0 aromatic heterocycles. The van der Waals surface area contributed by atoms with Crippen LogP contribution in [0.5, 0.6) is 0 Å². The quantitative estimate of drug-likeness (QED) is 0.599. The van der Waals surface area contributed by atoms with Crippen LogP contribution >= 0.6 is 11.9 Å². The van der Waals surface area contributed by atoms with E-state index in [1.165, 1.54) is 0 Å². The van der Waals surface area contributed by atoms with Crippen molar-refractivity contribution in [3.05, 3.63) is 0 Å². The smallest absolute Gasteiger partial charge is 0.338 e. The molecule has 0 unspecified atom stereocenters. The van der Waals surface area contributed by atoms with Gasteiger partial charge in [-0.25, -0.2) is 4.79 Å². The van der Waals surface area contributed by atoms with Crippen molar-refractivity contribution in [1.29, 1.82) is 0 Å². The summed E-state index contributed by atoms with van der Waals surface area (Å²) in [6.07, 6.45) is 0. The van der Waals surface area contributed by atoms with Crippen molar-refractivity contribution >= 4 is 17.8 Å². The molecule has 0 radical (unpaired) electrons. The summed E-state index contributed by atoms with van der Waals surface area (Å²) < 4.78 is 9.09. The SMILES string of the molecule is O=C(CN1CCOCC1)OCl. The molecule has 0 saturated carbocycles. The first-order valence-corrected chi connectivity index (χ1v) is 3.75. The predicted octanol–water partition coefficient (Wildman–Crippen LogP) is 0.0156. The second-order valence-electron chi connectivity index (χ2n) is 2.34. The minimum absolute atomic E-state index is 0.257. The van der Waals surface area contributed by atoms with Gasteiger partial charge in [-0.2, -0.15) is 0 Å². The Labute approximate surface area is 70.2 Å². The van der Waals surface area contributed by atoms with E-state index >= 15 is 0 Å². The second-order valence-corrected chi connectivity index (χ2v) is 2.49. The van der Waals surface area contributed by atoms with Crippen LogP contribution in [0.4, 0.5) is 0 Å². The lowest BCUT2D eigenvalue weighted by Crippen LogP contribution is -2.39. The maximum atomic E-state index is 10.6. The fourth-order valence-corrected chi connectivity index (χ4v) is 1.02. The Hall–Kier alpha value is -0.320. The molecular weight excluding hydrogens is 170 g/mol. The molecule has 64 valence electrons. The van der Waals surface area contributed by atoms with Crippen molar-refractivity contribution < 1.29 is 13.8 Å². The van der Waals surface area contributed by atoms with E-state index in [4.69, 9.17) is 16.6 Å². The number of nitrogens with zero attached hydrogens (tertiary/aromatic N) is 1. The largest absolute Gasteiger partial charge is 0.379 e. The van der Waals surface area contributed by atoms with Gasteiger partial charge in [-0.15, -0.1) is 0 Å². The molecule has 1 rings (SSSR count). The molecule has 1 fully saturated rings. The lowest BCUT2D eigenvalue weighted by atomic mass is 10.4. The Morgan fingerprint density at radius 1 is 1.55 bits per heavy atom. The van der Waals surface area contributed by atoms with Gasteiger partial charge in [-0.3, -0.25) is 4.90 Å². The second kappa shape index (κ2) is 4.54. The Kier molecular flexibility index (Phi) is 3.62. The number of hydrogen-bond donors (Lipinski definition) is 0. The average Bonchev–Trinajstić information content (AvgIpc) is 2.06. The summed E-state index contributed by atoms with van der Waals surface area (Å²) in [4.78, 5) is 12.6. The zero-order valence-electron chi connectivity index (χ0n) is 6.09. The summed E-state index contributed by atoms with van der Waals surface area (Å²) in [5.74, 6) is -0.409. The van der Waals surface area contributed by atoms with E-state index in [2.05, 4.69) is 4.29 Å². The number of carbonyl (C=O) groups excluding carboxylic acids is 1. The molecule has 1 aliphatic rings. The maximum Gasteiger partial charge on any atom is 0.338 e. The normalized spacial score (nSPS) is 19.7. The summed E-state index contributed by atoms with van der Waals surface area (Å²) in [6.45, 7) is 3.15. The van der Waals surface area contributed by atoms with Gasteiger partial charge < -0.3 is 9.03 Å². The van der Waals surface area contributed by atoms with Crippen molar-refractivity contribution in [2.45, 2.75) is 0 Å². The molecule has 0 bridgehead atoms. The first-order chi connectivity index (χ1) is 5.33. The first kappa shape index (κ1) is 8.77. The topological polar surface area (TPSA) is 38.8 Å². The molecule has 1 saturated heterocycles. The molecule has 0 spiro atoms. The fraction of sp³-hybridized carbons (Fsp3) is 0.833. The predicted molar refractivity (Wildman–Crippen MR) is 39.2 cm³/mol. The van der Waals surface area contributed by atoms with Crippen LogP contribution in [-0.2, 0) is 13.8 Å². The zero-order valence-corrected chi connectivity index (χ0v) is 6.84. The molecular formula is C6H10ClNO3. The molecule has 1 heterocycles. The number of halogens is 1. The van der Waals surface area contributed by atoms with E-state index in [1.807, 2.05) is 4.90 Å². The van der Waals surface area contributed by atoms with Crippen molar-refractivity contribution in [1.82, 2.24) is 4.90 Å². The molecule has 0 aliphatic carbocycles. The monoisotopic (exact) mass is 179 g/mol. The van der Waals surface area contributed by atoms with Gasteiger partial charge in [0, 0.05) is 13.1 Å². The third-order valence-electron chi connectivity index (χ3n) is 1.54. The zero-order chi connectivity index (χ0) is 8.10. The summed E-state index contributed by atoms with van der Waals surface area (Å²) in [5.41, 5.74) is 0.